The van der Waals surface area contributed by atoms with Crippen LogP contribution in [-0.2, 0) is 21.8 Å². The maximum Gasteiger partial charge on any atom is 0.230 e. The topological polar surface area (TPSA) is 85.2 Å². The Morgan fingerprint density at radius 2 is 2.00 bits per heavy atom. The van der Waals surface area contributed by atoms with Gasteiger partial charge in [0.25, 0.3) is 0 Å². The molecule has 3 aromatic rings. The minimum absolute atomic E-state index is 0.0332. The molecular weight excluding hydrogens is 432 g/mol. The lowest BCUT2D eigenvalue weighted by Crippen LogP contribution is -2.37. The molecule has 0 aliphatic carbocycles. The van der Waals surface area contributed by atoms with Gasteiger partial charge < -0.3 is 15.0 Å². The average molecular weight is 459 g/mol. The molecule has 0 unspecified atom stereocenters. The molecule has 0 spiro atoms. The van der Waals surface area contributed by atoms with Crippen LogP contribution in [0.5, 0.6) is 0 Å². The number of rotatable bonds is 9. The number of hydrogen-bond donors (Lipinski definition) is 1. The van der Waals surface area contributed by atoms with Gasteiger partial charge in [-0.25, -0.2) is 14.6 Å². The van der Waals surface area contributed by atoms with Crippen LogP contribution in [-0.4, -0.2) is 70.5 Å². The standard InChI is InChI=1S/C21H26N6O2S2/c1-30-21-24-19(26-9-11-29-12-10-26)17-13-23-27(20(17)25-21)8-7-22-18(28)15-31-14-16-5-3-2-4-6-16/h2-6,13H,7-12,14-15H2,1H3,(H,22,28). The largest absolute Gasteiger partial charge is 0.378 e. The summed E-state index contributed by atoms with van der Waals surface area (Å²) in [5.74, 6) is 2.21. The molecule has 1 saturated heterocycles. The Morgan fingerprint density at radius 3 is 2.77 bits per heavy atom. The van der Waals surface area contributed by atoms with E-state index in [0.717, 1.165) is 40.9 Å². The molecule has 0 radical (unpaired) electrons. The van der Waals surface area contributed by atoms with Gasteiger partial charge in [0.1, 0.15) is 5.82 Å². The molecule has 1 fully saturated rings. The third-order valence-corrected chi connectivity index (χ3v) is 6.49. The molecular formula is C21H26N6O2S2. The van der Waals surface area contributed by atoms with Crippen LogP contribution in [0.2, 0.25) is 0 Å². The summed E-state index contributed by atoms with van der Waals surface area (Å²) in [7, 11) is 0. The summed E-state index contributed by atoms with van der Waals surface area (Å²) in [6, 6.07) is 10.2. The third-order valence-electron chi connectivity index (χ3n) is 4.94. The van der Waals surface area contributed by atoms with Crippen LogP contribution in [0.15, 0.2) is 41.7 Å². The van der Waals surface area contributed by atoms with Gasteiger partial charge in [-0.05, 0) is 11.8 Å². The quantitative estimate of drug-likeness (QED) is 0.387. The normalized spacial score (nSPS) is 14.2. The Kier molecular flexibility index (Phi) is 7.66. The fraction of sp³-hybridized carbons (Fsp3) is 0.429. The van der Waals surface area contributed by atoms with Crippen molar-refractivity contribution in [1.29, 1.82) is 0 Å². The van der Waals surface area contributed by atoms with E-state index in [1.807, 2.05) is 35.3 Å². The molecule has 0 bridgehead atoms. The maximum absolute atomic E-state index is 12.2. The van der Waals surface area contributed by atoms with Crippen LogP contribution in [0.25, 0.3) is 11.0 Å². The molecule has 4 rings (SSSR count). The van der Waals surface area contributed by atoms with Crippen molar-refractivity contribution in [2.45, 2.75) is 17.5 Å². The molecule has 164 valence electrons. The molecule has 1 aromatic carbocycles. The second kappa shape index (κ2) is 10.8. The number of aromatic nitrogens is 4. The first-order valence-electron chi connectivity index (χ1n) is 10.2. The fourth-order valence-electron chi connectivity index (χ4n) is 3.38. The van der Waals surface area contributed by atoms with Crippen LogP contribution in [0.1, 0.15) is 5.56 Å². The number of benzene rings is 1. The number of carbonyl (C=O) groups excluding carboxylic acids is 1. The summed E-state index contributed by atoms with van der Waals surface area (Å²) in [5, 5.41) is 9.15. The van der Waals surface area contributed by atoms with Gasteiger partial charge in [0.15, 0.2) is 10.8 Å². The first-order chi connectivity index (χ1) is 15.2. The van der Waals surface area contributed by atoms with Crippen molar-refractivity contribution in [1.82, 2.24) is 25.1 Å². The van der Waals surface area contributed by atoms with Crippen molar-refractivity contribution < 1.29 is 9.53 Å². The highest BCUT2D eigenvalue weighted by Gasteiger charge is 2.20. The highest BCUT2D eigenvalue weighted by Crippen LogP contribution is 2.27. The number of amides is 1. The number of carbonyl (C=O) groups is 1. The highest BCUT2D eigenvalue weighted by atomic mass is 32.2. The van der Waals surface area contributed by atoms with Crippen LogP contribution < -0.4 is 10.2 Å². The van der Waals surface area contributed by atoms with Gasteiger partial charge in [-0.2, -0.15) is 5.10 Å². The van der Waals surface area contributed by atoms with Gasteiger partial charge in [0.05, 0.1) is 37.1 Å². The summed E-state index contributed by atoms with van der Waals surface area (Å²) < 4.78 is 7.32. The number of hydrogen-bond acceptors (Lipinski definition) is 8. The minimum atomic E-state index is 0.0332. The second-order valence-electron chi connectivity index (χ2n) is 7.07. The zero-order valence-electron chi connectivity index (χ0n) is 17.5. The maximum atomic E-state index is 12.2. The Labute approximate surface area is 190 Å². The Bertz CT molecular complexity index is 1010. The van der Waals surface area contributed by atoms with E-state index in [2.05, 4.69) is 32.4 Å². The van der Waals surface area contributed by atoms with E-state index in [1.54, 1.807) is 11.8 Å². The van der Waals surface area contributed by atoms with Crippen molar-refractivity contribution in [2.75, 3.05) is 49.8 Å². The monoisotopic (exact) mass is 458 g/mol. The zero-order valence-corrected chi connectivity index (χ0v) is 19.1. The van der Waals surface area contributed by atoms with Crippen LogP contribution in [0.3, 0.4) is 0 Å². The number of nitrogens with one attached hydrogen (secondary N) is 1. The van der Waals surface area contributed by atoms with Gasteiger partial charge in [0.2, 0.25) is 5.91 Å². The molecule has 0 atom stereocenters. The van der Waals surface area contributed by atoms with Gasteiger partial charge >= 0.3 is 0 Å². The number of morpholine rings is 1. The van der Waals surface area contributed by atoms with E-state index >= 15 is 0 Å². The van der Waals surface area contributed by atoms with E-state index in [4.69, 9.17) is 9.72 Å². The predicted molar refractivity (Wildman–Crippen MR) is 126 cm³/mol. The molecule has 3 heterocycles. The molecule has 2 aromatic heterocycles. The van der Waals surface area contributed by atoms with Crippen molar-refractivity contribution >= 4 is 46.3 Å². The van der Waals surface area contributed by atoms with Crippen molar-refractivity contribution in [3.63, 3.8) is 0 Å². The number of nitrogens with zero attached hydrogens (tertiary/aromatic N) is 5. The van der Waals surface area contributed by atoms with Crippen LogP contribution >= 0.6 is 23.5 Å². The number of thioether (sulfide) groups is 2. The third kappa shape index (κ3) is 5.69. The lowest BCUT2D eigenvalue weighted by molar-refractivity contribution is -0.118. The summed E-state index contributed by atoms with van der Waals surface area (Å²) >= 11 is 3.13. The number of fused-ring (bicyclic) bond motifs is 1. The van der Waals surface area contributed by atoms with Gasteiger partial charge in [0, 0.05) is 25.4 Å². The van der Waals surface area contributed by atoms with Crippen molar-refractivity contribution in [3.8, 4) is 0 Å². The van der Waals surface area contributed by atoms with E-state index in [-0.39, 0.29) is 5.91 Å². The average Bonchev–Trinajstić information content (AvgIpc) is 3.22. The highest BCUT2D eigenvalue weighted by molar-refractivity contribution is 7.99. The molecule has 8 nitrogen and oxygen atoms in total. The predicted octanol–water partition coefficient (Wildman–Crippen LogP) is 2.43. The molecule has 31 heavy (non-hydrogen) atoms. The summed E-state index contributed by atoms with van der Waals surface area (Å²) in [6.45, 7) is 4.08. The Hall–Kier alpha value is -2.30. The molecule has 1 N–H and O–H groups in total. The first kappa shape index (κ1) is 21.9. The zero-order chi connectivity index (χ0) is 21.5. The molecule has 1 amide bonds. The minimum Gasteiger partial charge on any atom is -0.378 e. The second-order valence-corrected chi connectivity index (χ2v) is 8.83. The SMILES string of the molecule is CSc1nc(N2CCOCC2)c2cnn(CCNC(=O)CSCc3ccccc3)c2n1. The first-order valence-corrected chi connectivity index (χ1v) is 12.6. The van der Waals surface area contributed by atoms with Crippen molar-refractivity contribution in [3.05, 3.63) is 42.1 Å². The smallest absolute Gasteiger partial charge is 0.230 e. The molecule has 1 aliphatic rings. The van der Waals surface area contributed by atoms with Gasteiger partial charge in [-0.15, -0.1) is 11.8 Å². The van der Waals surface area contributed by atoms with Crippen LogP contribution in [0.4, 0.5) is 5.82 Å². The van der Waals surface area contributed by atoms with Crippen molar-refractivity contribution in [2.24, 2.45) is 0 Å². The summed E-state index contributed by atoms with van der Waals surface area (Å²) in [6.07, 6.45) is 3.79. The van der Waals surface area contributed by atoms with Gasteiger partial charge in [-0.1, -0.05) is 42.1 Å². The van der Waals surface area contributed by atoms with Gasteiger partial charge in [-0.3, -0.25) is 4.79 Å². The fourth-order valence-corrected chi connectivity index (χ4v) is 4.55. The Balaban J connectivity index is 1.34. The van der Waals surface area contributed by atoms with E-state index in [1.165, 1.54) is 17.3 Å². The number of anilines is 1. The summed E-state index contributed by atoms with van der Waals surface area (Å²) in [4.78, 5) is 23.8. The molecule has 1 aliphatic heterocycles. The Morgan fingerprint density at radius 1 is 1.19 bits per heavy atom. The van der Waals surface area contributed by atoms with E-state index in [0.29, 0.717) is 32.1 Å². The molecule has 0 saturated carbocycles. The summed E-state index contributed by atoms with van der Waals surface area (Å²) in [5.41, 5.74) is 2.03. The van der Waals surface area contributed by atoms with E-state index in [9.17, 15) is 4.79 Å². The van der Waals surface area contributed by atoms with E-state index < -0.39 is 0 Å². The lowest BCUT2D eigenvalue weighted by Gasteiger charge is -2.28. The molecule has 10 heteroatoms. The lowest BCUT2D eigenvalue weighted by atomic mass is 10.2. The van der Waals surface area contributed by atoms with Crippen LogP contribution in [0, 0.1) is 0 Å². The number of ether oxygens (including phenoxy) is 1.